The first kappa shape index (κ1) is 25.3. The van der Waals surface area contributed by atoms with E-state index in [0.717, 1.165) is 17.7 Å². The number of nitrogens with one attached hydrogen (secondary N) is 2. The van der Waals surface area contributed by atoms with Gasteiger partial charge in [0.15, 0.2) is 0 Å². The van der Waals surface area contributed by atoms with Crippen molar-refractivity contribution in [2.24, 2.45) is 0 Å². The van der Waals surface area contributed by atoms with Crippen LogP contribution in [0.2, 0.25) is 0 Å². The summed E-state index contributed by atoms with van der Waals surface area (Å²) < 4.78 is 54.1. The molecule has 0 bridgehead atoms. The number of amides is 1. The molecule has 1 fully saturated rings. The molecule has 7 nitrogen and oxygen atoms in total. The molecular formula is C25H30F2N4O3S. The summed E-state index contributed by atoms with van der Waals surface area (Å²) in [6, 6.07) is 10.4. The first-order valence-electron chi connectivity index (χ1n) is 11.5. The molecule has 1 aliphatic rings. The van der Waals surface area contributed by atoms with E-state index in [-0.39, 0.29) is 23.7 Å². The lowest BCUT2D eigenvalue weighted by Gasteiger charge is -2.54. The monoisotopic (exact) mass is 504 g/mol. The summed E-state index contributed by atoms with van der Waals surface area (Å²) in [6.07, 6.45) is 2.65. The molecule has 0 spiro atoms. The van der Waals surface area contributed by atoms with Gasteiger partial charge in [-0.15, -0.1) is 10.8 Å². The Labute approximate surface area is 205 Å². The van der Waals surface area contributed by atoms with Crippen molar-refractivity contribution in [2.45, 2.75) is 57.5 Å². The molecule has 1 aromatic heterocycles. The normalized spacial score (nSPS) is 21.9. The number of carbonyl (C=O) groups excluding carboxylic acids is 1. The second-order valence-corrected chi connectivity index (χ2v) is 11.2. The quantitative estimate of drug-likeness (QED) is 0.336. The third-order valence-corrected chi connectivity index (χ3v) is 9.07. The number of benzene rings is 2. The molecule has 1 amide bonds. The van der Waals surface area contributed by atoms with E-state index in [2.05, 4.69) is 15.5 Å². The molecule has 1 aliphatic heterocycles. The molecule has 0 saturated carbocycles. The second kappa shape index (κ2) is 10.1. The van der Waals surface area contributed by atoms with E-state index in [1.165, 1.54) is 10.5 Å². The van der Waals surface area contributed by atoms with Gasteiger partial charge in [0, 0.05) is 29.4 Å². The number of halogens is 2. The van der Waals surface area contributed by atoms with E-state index in [1.807, 2.05) is 37.3 Å². The maximum absolute atomic E-state index is 15.1. The van der Waals surface area contributed by atoms with Crippen LogP contribution in [-0.2, 0) is 6.54 Å². The molecule has 1 unspecified atom stereocenters. The van der Waals surface area contributed by atoms with E-state index in [4.69, 9.17) is 0 Å². The minimum atomic E-state index is -3.29. The number of carbonyl (C=O) groups is 1. The van der Waals surface area contributed by atoms with Gasteiger partial charge in [0.05, 0.1) is 23.1 Å². The largest absolute Gasteiger partial charge is 0.345 e. The molecule has 0 radical (unpaired) electrons. The Morgan fingerprint density at radius 3 is 2.60 bits per heavy atom. The third kappa shape index (κ3) is 5.11. The topological polar surface area (TPSA) is 101 Å². The van der Waals surface area contributed by atoms with Crippen LogP contribution in [0.3, 0.4) is 0 Å². The van der Waals surface area contributed by atoms with Crippen LogP contribution in [0.1, 0.15) is 70.7 Å². The van der Waals surface area contributed by atoms with Crippen molar-refractivity contribution in [3.8, 4) is 0 Å². The van der Waals surface area contributed by atoms with E-state index in [0.29, 0.717) is 24.1 Å². The van der Waals surface area contributed by atoms with Gasteiger partial charge in [0.25, 0.3) is 5.91 Å². The maximum atomic E-state index is 15.1. The van der Waals surface area contributed by atoms with E-state index in [1.54, 1.807) is 13.8 Å². The summed E-state index contributed by atoms with van der Waals surface area (Å²) in [6.45, 7) is 4.97. The number of aryl methyl sites for hydroxylation is 1. The molecule has 188 valence electrons. The fourth-order valence-electron chi connectivity index (χ4n) is 4.55. The van der Waals surface area contributed by atoms with Gasteiger partial charge in [-0.05, 0) is 51.3 Å². The predicted molar refractivity (Wildman–Crippen MR) is 132 cm³/mol. The smallest absolute Gasteiger partial charge is 0.255 e. The van der Waals surface area contributed by atoms with E-state index in [9.17, 15) is 13.9 Å². The summed E-state index contributed by atoms with van der Waals surface area (Å²) in [4.78, 5) is 12.4. The third-order valence-electron chi connectivity index (χ3n) is 6.62. The number of hydrogen-bond donors (Lipinski definition) is 4. The minimum Gasteiger partial charge on any atom is -0.345 e. The van der Waals surface area contributed by atoms with Gasteiger partial charge in [-0.3, -0.25) is 19.0 Å². The van der Waals surface area contributed by atoms with Crippen molar-refractivity contribution in [1.29, 1.82) is 0 Å². The maximum Gasteiger partial charge on any atom is 0.255 e. The zero-order valence-electron chi connectivity index (χ0n) is 19.8. The van der Waals surface area contributed by atoms with E-state index >= 15 is 8.78 Å². The van der Waals surface area contributed by atoms with Gasteiger partial charge in [0.2, 0.25) is 0 Å². The number of aromatic amines is 1. The first-order valence-corrected chi connectivity index (χ1v) is 13.0. The van der Waals surface area contributed by atoms with Crippen molar-refractivity contribution in [1.82, 2.24) is 19.8 Å². The molecular weight excluding hydrogens is 474 g/mol. The Morgan fingerprint density at radius 2 is 1.94 bits per heavy atom. The minimum absolute atomic E-state index is 0.00112. The second-order valence-electron chi connectivity index (χ2n) is 9.03. The zero-order valence-corrected chi connectivity index (χ0v) is 20.6. The number of nitrogens with zero attached hydrogens (tertiary/aromatic N) is 2. The Kier molecular flexibility index (Phi) is 7.27. The number of rotatable bonds is 6. The van der Waals surface area contributed by atoms with Crippen LogP contribution in [0.15, 0.2) is 48.7 Å². The van der Waals surface area contributed by atoms with Crippen molar-refractivity contribution in [2.75, 3.05) is 0 Å². The van der Waals surface area contributed by atoms with Crippen LogP contribution in [0.5, 0.6) is 0 Å². The Balaban J connectivity index is 1.55. The summed E-state index contributed by atoms with van der Waals surface area (Å²) in [5.41, 5.74) is 1.73. The Morgan fingerprint density at radius 1 is 1.23 bits per heavy atom. The predicted octanol–water partition coefficient (Wildman–Crippen LogP) is 5.88. The first-order chi connectivity index (χ1) is 16.6. The van der Waals surface area contributed by atoms with Crippen molar-refractivity contribution in [3.63, 3.8) is 0 Å². The average molecular weight is 505 g/mol. The fourth-order valence-corrected chi connectivity index (χ4v) is 6.81. The van der Waals surface area contributed by atoms with Crippen LogP contribution in [0, 0.1) is 18.6 Å². The average Bonchev–Trinajstić information content (AvgIpc) is 3.24. The van der Waals surface area contributed by atoms with Gasteiger partial charge in [0.1, 0.15) is 11.6 Å². The Bertz CT molecular complexity index is 1200. The lowest BCUT2D eigenvalue weighted by Crippen LogP contribution is -2.41. The highest BCUT2D eigenvalue weighted by Gasteiger charge is 2.41. The van der Waals surface area contributed by atoms with Gasteiger partial charge in [-0.25, -0.2) is 8.78 Å². The highest BCUT2D eigenvalue weighted by atomic mass is 32.3. The highest BCUT2D eigenvalue weighted by molar-refractivity contribution is 8.22. The van der Waals surface area contributed by atoms with E-state index < -0.39 is 39.6 Å². The zero-order chi connectivity index (χ0) is 25.3. The van der Waals surface area contributed by atoms with Gasteiger partial charge in [-0.1, -0.05) is 30.3 Å². The number of aromatic nitrogens is 2. The number of hydrogen-bond acceptors (Lipinski definition) is 5. The molecule has 10 heteroatoms. The lowest BCUT2D eigenvalue weighted by molar-refractivity contribution is 0.0938. The molecule has 1 saturated heterocycles. The summed E-state index contributed by atoms with van der Waals surface area (Å²) >= 11 is 0. The molecule has 3 aromatic rings. The SMILES string of the molecule is Cc1[nH]ncc1C(=O)NC(C)c1cc(F)c(CN2[C@@H](C)CC[C@H](c3ccccc3)S2(O)O)cc1F. The molecule has 35 heavy (non-hydrogen) atoms. The van der Waals surface area contributed by atoms with Gasteiger partial charge in [-0.2, -0.15) is 9.40 Å². The highest BCUT2D eigenvalue weighted by Crippen LogP contribution is 2.63. The van der Waals surface area contributed by atoms with Crippen molar-refractivity contribution in [3.05, 3.63) is 88.2 Å². The van der Waals surface area contributed by atoms with Crippen LogP contribution in [0.4, 0.5) is 8.78 Å². The van der Waals surface area contributed by atoms with Gasteiger partial charge >= 0.3 is 0 Å². The molecule has 4 rings (SSSR count). The number of H-pyrrole nitrogens is 1. The van der Waals surface area contributed by atoms with Crippen LogP contribution in [-0.4, -0.2) is 35.6 Å². The lowest BCUT2D eigenvalue weighted by atomic mass is 10.0. The van der Waals surface area contributed by atoms with Crippen LogP contribution in [0.25, 0.3) is 0 Å². The summed E-state index contributed by atoms with van der Waals surface area (Å²) in [7, 11) is -3.29. The van der Waals surface area contributed by atoms with Gasteiger partial charge < -0.3 is 5.32 Å². The van der Waals surface area contributed by atoms with Crippen LogP contribution < -0.4 is 5.32 Å². The molecule has 2 aromatic carbocycles. The molecule has 3 atom stereocenters. The standard InChI is InChI=1S/C25H30F2N4O3S/c1-15-9-10-24(18-7-5-4-6-8-18)35(33,34)31(15)14-19-11-23(27)20(12-22(19)26)16(2)29-25(32)21-13-28-30-17(21)3/h4-8,11-13,15-16,24,33-34H,9-10,14H2,1-3H3,(H,28,30)(H,29,32)/t15-,16?,24+/m0/s1. The molecule has 0 aliphatic carbocycles. The molecule has 2 heterocycles. The van der Waals surface area contributed by atoms with Crippen LogP contribution >= 0.6 is 10.8 Å². The van der Waals surface area contributed by atoms with Crippen molar-refractivity contribution >= 4 is 16.7 Å². The Hall–Kier alpha value is -2.79. The summed E-state index contributed by atoms with van der Waals surface area (Å²) in [5.74, 6) is -1.80. The summed E-state index contributed by atoms with van der Waals surface area (Å²) in [5, 5.41) is 8.62. The fraction of sp³-hybridized carbons (Fsp3) is 0.360. The molecule has 4 N–H and O–H groups in total. The van der Waals surface area contributed by atoms with Crippen molar-refractivity contribution < 1.29 is 22.7 Å².